The summed E-state index contributed by atoms with van der Waals surface area (Å²) in [6.45, 7) is 0.576. The first-order valence-corrected chi connectivity index (χ1v) is 11.6. The number of nitrogens with zero attached hydrogens (tertiary/aromatic N) is 2. The number of hydrogen-bond donors (Lipinski definition) is 1. The van der Waals surface area contributed by atoms with Gasteiger partial charge >= 0.3 is 0 Å². The summed E-state index contributed by atoms with van der Waals surface area (Å²) >= 11 is 1.58. The van der Waals surface area contributed by atoms with Crippen molar-refractivity contribution < 1.29 is 13.2 Å². The first kappa shape index (κ1) is 18.9. The van der Waals surface area contributed by atoms with Gasteiger partial charge in [-0.2, -0.15) is 0 Å². The molecule has 0 unspecified atom stereocenters. The van der Waals surface area contributed by atoms with Crippen LogP contribution in [-0.4, -0.2) is 38.2 Å². The number of hydrogen-bond acceptors (Lipinski definition) is 5. The Morgan fingerprint density at radius 1 is 1.14 bits per heavy atom. The smallest absolute Gasteiger partial charge is 0.236 e. The van der Waals surface area contributed by atoms with Crippen LogP contribution in [0.2, 0.25) is 0 Å². The van der Waals surface area contributed by atoms with Crippen LogP contribution in [0.25, 0.3) is 10.2 Å². The van der Waals surface area contributed by atoms with E-state index in [1.54, 1.807) is 11.3 Å². The van der Waals surface area contributed by atoms with Gasteiger partial charge in [0.1, 0.15) is 0 Å². The molecule has 0 aliphatic carbocycles. The Morgan fingerprint density at radius 2 is 1.93 bits per heavy atom. The van der Waals surface area contributed by atoms with Gasteiger partial charge in [-0.15, -0.1) is 11.3 Å². The molecule has 28 heavy (non-hydrogen) atoms. The predicted octanol–water partition coefficient (Wildman–Crippen LogP) is 2.74. The van der Waals surface area contributed by atoms with Crippen molar-refractivity contribution in [3.8, 4) is 0 Å². The van der Waals surface area contributed by atoms with Gasteiger partial charge in [0.25, 0.3) is 0 Å². The normalized spacial score (nSPS) is 13.6. The number of thiazole rings is 1. The predicted molar refractivity (Wildman–Crippen MR) is 112 cm³/mol. The molecule has 2 heterocycles. The van der Waals surface area contributed by atoms with Crippen molar-refractivity contribution in [1.29, 1.82) is 0 Å². The molecule has 8 heteroatoms. The molecule has 1 N–H and O–H groups in total. The zero-order chi connectivity index (χ0) is 19.6. The molecule has 0 atom stereocenters. The highest BCUT2D eigenvalue weighted by molar-refractivity contribution is 7.92. The van der Waals surface area contributed by atoms with Gasteiger partial charge in [0, 0.05) is 25.9 Å². The fourth-order valence-corrected chi connectivity index (χ4v) is 5.76. The largest absolute Gasteiger partial charge is 0.355 e. The van der Waals surface area contributed by atoms with E-state index in [1.165, 1.54) is 4.31 Å². The summed E-state index contributed by atoms with van der Waals surface area (Å²) in [5, 5.41) is 3.64. The number of carbonyl (C=O) groups is 1. The number of aromatic nitrogens is 1. The van der Waals surface area contributed by atoms with Crippen molar-refractivity contribution in [2.24, 2.45) is 0 Å². The quantitative estimate of drug-likeness (QED) is 0.644. The van der Waals surface area contributed by atoms with E-state index in [0.717, 1.165) is 32.9 Å². The third kappa shape index (κ3) is 4.02. The second-order valence-electron chi connectivity index (χ2n) is 6.69. The number of fused-ring (bicyclic) bond motifs is 2. The van der Waals surface area contributed by atoms with Crippen molar-refractivity contribution in [1.82, 2.24) is 10.3 Å². The molecule has 146 valence electrons. The molecule has 3 aromatic rings. The Hall–Kier alpha value is -2.45. The second kappa shape index (κ2) is 7.89. The minimum absolute atomic E-state index is 0.103. The van der Waals surface area contributed by atoms with Crippen molar-refractivity contribution in [3.63, 3.8) is 0 Å². The average molecular weight is 416 g/mol. The summed E-state index contributed by atoms with van der Waals surface area (Å²) in [5.74, 6) is -0.259. The van der Waals surface area contributed by atoms with Gasteiger partial charge in [-0.1, -0.05) is 30.3 Å². The number of anilines is 1. The van der Waals surface area contributed by atoms with Gasteiger partial charge in [-0.25, -0.2) is 13.4 Å². The molecule has 2 aromatic carbocycles. The Morgan fingerprint density at radius 3 is 2.79 bits per heavy atom. The molecule has 1 amide bonds. The lowest BCUT2D eigenvalue weighted by Gasteiger charge is -2.19. The number of aryl methyl sites for hydroxylation is 1. The van der Waals surface area contributed by atoms with Crippen LogP contribution < -0.4 is 9.62 Å². The minimum Gasteiger partial charge on any atom is -0.355 e. The van der Waals surface area contributed by atoms with Gasteiger partial charge in [-0.05, 0) is 30.2 Å². The zero-order valence-electron chi connectivity index (χ0n) is 15.3. The fraction of sp³-hybridized carbons (Fsp3) is 0.300. The van der Waals surface area contributed by atoms with E-state index in [-0.39, 0.29) is 18.2 Å². The molecule has 0 radical (unpaired) electrons. The Kier molecular flexibility index (Phi) is 5.32. The first-order chi connectivity index (χ1) is 13.5. The molecular weight excluding hydrogens is 394 g/mol. The second-order valence-corrected chi connectivity index (χ2v) is 9.82. The van der Waals surface area contributed by atoms with Gasteiger partial charge in [0.2, 0.25) is 15.9 Å². The summed E-state index contributed by atoms with van der Waals surface area (Å²) in [4.78, 5) is 16.6. The lowest BCUT2D eigenvalue weighted by molar-refractivity contribution is -0.120. The van der Waals surface area contributed by atoms with Crippen LogP contribution in [-0.2, 0) is 27.7 Å². The van der Waals surface area contributed by atoms with E-state index in [2.05, 4.69) is 10.3 Å². The number of nitrogens with one attached hydrogen (secondary N) is 1. The fourth-order valence-electron chi connectivity index (χ4n) is 3.36. The molecule has 1 aliphatic heterocycles. The standard InChI is InChI=1S/C20H21N3O3S2/c24-19(9-10-20-22-16-6-2-4-8-18(16)27-20)21-12-14-28(25,26)23-13-11-15-5-1-3-7-17(15)23/h1-8H,9-14H2,(H,21,24). The van der Waals surface area contributed by atoms with Crippen LogP contribution in [0, 0.1) is 0 Å². The minimum atomic E-state index is -3.45. The van der Waals surface area contributed by atoms with Crippen molar-refractivity contribution in [2.45, 2.75) is 19.3 Å². The Balaban J connectivity index is 1.27. The third-order valence-electron chi connectivity index (χ3n) is 4.77. The number of para-hydroxylation sites is 2. The molecule has 0 fully saturated rings. The number of rotatable bonds is 7. The Labute approximate surface area is 168 Å². The molecule has 0 spiro atoms. The van der Waals surface area contributed by atoms with E-state index in [4.69, 9.17) is 0 Å². The maximum Gasteiger partial charge on any atom is 0.236 e. The zero-order valence-corrected chi connectivity index (χ0v) is 16.9. The van der Waals surface area contributed by atoms with E-state index >= 15 is 0 Å². The lowest BCUT2D eigenvalue weighted by Crippen LogP contribution is -2.37. The average Bonchev–Trinajstić information content (AvgIpc) is 3.30. The maximum atomic E-state index is 12.6. The molecular formula is C20H21N3O3S2. The van der Waals surface area contributed by atoms with Crippen LogP contribution in [0.3, 0.4) is 0 Å². The summed E-state index contributed by atoms with van der Waals surface area (Å²) < 4.78 is 27.8. The lowest BCUT2D eigenvalue weighted by atomic mass is 10.2. The van der Waals surface area contributed by atoms with Crippen LogP contribution in [0.1, 0.15) is 17.0 Å². The molecule has 6 nitrogen and oxygen atoms in total. The number of sulfonamides is 1. The molecule has 4 rings (SSSR count). The third-order valence-corrected chi connectivity index (χ3v) is 7.63. The maximum absolute atomic E-state index is 12.6. The molecule has 0 saturated carbocycles. The summed E-state index contributed by atoms with van der Waals surface area (Å²) in [6, 6.07) is 15.4. The highest BCUT2D eigenvalue weighted by atomic mass is 32.2. The highest BCUT2D eigenvalue weighted by Crippen LogP contribution is 2.29. The van der Waals surface area contributed by atoms with E-state index in [0.29, 0.717) is 19.4 Å². The van der Waals surface area contributed by atoms with Crippen molar-refractivity contribution in [3.05, 3.63) is 59.1 Å². The Bertz CT molecular complexity index is 1080. The van der Waals surface area contributed by atoms with Gasteiger partial charge in [0.05, 0.1) is 26.7 Å². The first-order valence-electron chi connectivity index (χ1n) is 9.22. The van der Waals surface area contributed by atoms with Gasteiger partial charge in [0.15, 0.2) is 0 Å². The van der Waals surface area contributed by atoms with Crippen LogP contribution >= 0.6 is 11.3 Å². The SMILES string of the molecule is O=C(CCc1nc2ccccc2s1)NCCS(=O)(=O)N1CCc2ccccc21. The number of amides is 1. The summed E-state index contributed by atoms with van der Waals surface area (Å²) in [5.41, 5.74) is 2.75. The van der Waals surface area contributed by atoms with Crippen LogP contribution in [0.15, 0.2) is 48.5 Å². The monoisotopic (exact) mass is 415 g/mol. The van der Waals surface area contributed by atoms with E-state index in [1.807, 2.05) is 48.5 Å². The van der Waals surface area contributed by atoms with Crippen molar-refractivity contribution in [2.75, 3.05) is 23.1 Å². The molecule has 0 bridgehead atoms. The summed E-state index contributed by atoms with van der Waals surface area (Å²) in [6.07, 6.45) is 1.58. The van der Waals surface area contributed by atoms with Crippen LogP contribution in [0.4, 0.5) is 5.69 Å². The molecule has 0 saturated heterocycles. The number of carbonyl (C=O) groups excluding carboxylic acids is 1. The highest BCUT2D eigenvalue weighted by Gasteiger charge is 2.28. The van der Waals surface area contributed by atoms with Crippen molar-refractivity contribution >= 4 is 43.2 Å². The van der Waals surface area contributed by atoms with Crippen LogP contribution in [0.5, 0.6) is 0 Å². The number of benzene rings is 2. The van der Waals surface area contributed by atoms with Gasteiger partial charge < -0.3 is 5.32 Å². The molecule has 1 aromatic heterocycles. The van der Waals surface area contributed by atoms with E-state index in [9.17, 15) is 13.2 Å². The van der Waals surface area contributed by atoms with Gasteiger partial charge in [-0.3, -0.25) is 9.10 Å². The topological polar surface area (TPSA) is 79.4 Å². The summed E-state index contributed by atoms with van der Waals surface area (Å²) in [7, 11) is -3.45. The van der Waals surface area contributed by atoms with E-state index < -0.39 is 10.0 Å². The molecule has 1 aliphatic rings.